The van der Waals surface area contributed by atoms with Gasteiger partial charge in [-0.05, 0) is 37.5 Å². The third kappa shape index (κ3) is 3.05. The highest BCUT2D eigenvalue weighted by atomic mass is 19.1. The third-order valence-corrected chi connectivity index (χ3v) is 4.00. The Morgan fingerprint density at radius 1 is 1.48 bits per heavy atom. The predicted molar refractivity (Wildman–Crippen MR) is 73.0 cm³/mol. The van der Waals surface area contributed by atoms with Crippen LogP contribution in [0.2, 0.25) is 0 Å². The minimum Gasteiger partial charge on any atom is -0.480 e. The van der Waals surface area contributed by atoms with Crippen molar-refractivity contribution < 1.29 is 24.2 Å². The number of rotatable bonds is 4. The fourth-order valence-corrected chi connectivity index (χ4v) is 2.69. The van der Waals surface area contributed by atoms with Crippen LogP contribution < -0.4 is 0 Å². The van der Waals surface area contributed by atoms with Crippen molar-refractivity contribution in [2.75, 3.05) is 6.54 Å². The zero-order valence-corrected chi connectivity index (χ0v) is 11.8. The molecule has 0 radical (unpaired) electrons. The normalized spacial score (nSPS) is 23.1. The maximum atomic E-state index is 13.1. The molecule has 0 spiro atoms. The van der Waals surface area contributed by atoms with Crippen molar-refractivity contribution in [3.05, 3.63) is 35.6 Å². The first-order valence-corrected chi connectivity index (χ1v) is 6.82. The number of likely N-dealkylation sites (tertiary alicyclic amines) is 1. The number of aliphatic hydroxyl groups is 1. The third-order valence-electron chi connectivity index (χ3n) is 4.00. The van der Waals surface area contributed by atoms with Crippen LogP contribution in [0.1, 0.15) is 37.9 Å². The summed E-state index contributed by atoms with van der Waals surface area (Å²) in [5, 5.41) is 19.3. The average molecular weight is 295 g/mol. The van der Waals surface area contributed by atoms with Crippen molar-refractivity contribution in [1.29, 1.82) is 0 Å². The van der Waals surface area contributed by atoms with E-state index in [1.54, 1.807) is 0 Å². The largest absolute Gasteiger partial charge is 0.480 e. The molecule has 2 rings (SSSR count). The zero-order valence-electron chi connectivity index (χ0n) is 11.8. The number of benzene rings is 1. The molecule has 21 heavy (non-hydrogen) atoms. The van der Waals surface area contributed by atoms with Crippen LogP contribution in [0.15, 0.2) is 24.3 Å². The SMILES string of the molecule is CC1(C(=O)O)CCCN1C(=O)CC(O)c1cccc(F)c1. The molecular formula is C15H18FNO4. The summed E-state index contributed by atoms with van der Waals surface area (Å²) in [6.45, 7) is 1.87. The number of hydrogen-bond acceptors (Lipinski definition) is 3. The van der Waals surface area contributed by atoms with Gasteiger partial charge in [-0.25, -0.2) is 9.18 Å². The van der Waals surface area contributed by atoms with Gasteiger partial charge in [-0.2, -0.15) is 0 Å². The Balaban J connectivity index is 2.09. The molecular weight excluding hydrogens is 277 g/mol. The molecule has 0 aromatic heterocycles. The molecule has 1 fully saturated rings. The van der Waals surface area contributed by atoms with E-state index in [2.05, 4.69) is 0 Å². The topological polar surface area (TPSA) is 77.8 Å². The van der Waals surface area contributed by atoms with Crippen LogP contribution in [0.3, 0.4) is 0 Å². The van der Waals surface area contributed by atoms with Gasteiger partial charge >= 0.3 is 5.97 Å². The number of halogens is 1. The van der Waals surface area contributed by atoms with Gasteiger partial charge in [-0.1, -0.05) is 12.1 Å². The van der Waals surface area contributed by atoms with Crippen molar-refractivity contribution in [1.82, 2.24) is 4.90 Å². The Bertz CT molecular complexity index is 562. The summed E-state index contributed by atoms with van der Waals surface area (Å²) in [6, 6.07) is 5.40. The number of carbonyl (C=O) groups is 2. The highest BCUT2D eigenvalue weighted by Gasteiger charge is 2.45. The zero-order chi connectivity index (χ0) is 15.6. The van der Waals surface area contributed by atoms with E-state index in [9.17, 15) is 24.2 Å². The monoisotopic (exact) mass is 295 g/mol. The van der Waals surface area contributed by atoms with Gasteiger partial charge in [0.15, 0.2) is 0 Å². The smallest absolute Gasteiger partial charge is 0.329 e. The van der Waals surface area contributed by atoms with Gasteiger partial charge in [0.25, 0.3) is 0 Å². The van der Waals surface area contributed by atoms with Crippen molar-refractivity contribution in [2.45, 2.75) is 37.8 Å². The number of carbonyl (C=O) groups excluding carboxylic acids is 1. The maximum absolute atomic E-state index is 13.1. The second kappa shape index (κ2) is 5.81. The number of hydrogen-bond donors (Lipinski definition) is 2. The minimum atomic E-state index is -1.22. The van der Waals surface area contributed by atoms with Crippen molar-refractivity contribution >= 4 is 11.9 Å². The lowest BCUT2D eigenvalue weighted by Gasteiger charge is -2.31. The molecule has 0 aliphatic carbocycles. The molecule has 114 valence electrons. The fourth-order valence-electron chi connectivity index (χ4n) is 2.69. The molecule has 1 heterocycles. The first kappa shape index (κ1) is 15.4. The molecule has 1 aromatic rings. The molecule has 1 amide bonds. The summed E-state index contributed by atoms with van der Waals surface area (Å²) in [7, 11) is 0. The Morgan fingerprint density at radius 2 is 2.19 bits per heavy atom. The summed E-state index contributed by atoms with van der Waals surface area (Å²) < 4.78 is 13.1. The van der Waals surface area contributed by atoms with Gasteiger partial charge in [0.1, 0.15) is 11.4 Å². The van der Waals surface area contributed by atoms with Gasteiger partial charge in [-0.3, -0.25) is 4.79 Å². The summed E-state index contributed by atoms with van der Waals surface area (Å²) in [5.41, 5.74) is -0.918. The number of carboxylic acid groups (broad SMARTS) is 1. The molecule has 1 saturated heterocycles. The van der Waals surface area contributed by atoms with Crippen molar-refractivity contribution in [3.63, 3.8) is 0 Å². The van der Waals surface area contributed by atoms with Crippen LogP contribution in [0.5, 0.6) is 0 Å². The summed E-state index contributed by atoms with van der Waals surface area (Å²) in [6.07, 6.45) is -0.395. The number of carboxylic acids is 1. The highest BCUT2D eigenvalue weighted by molar-refractivity contribution is 5.87. The number of nitrogens with zero attached hydrogens (tertiary/aromatic N) is 1. The molecule has 0 bridgehead atoms. The Labute approximate surface area is 122 Å². The van der Waals surface area contributed by atoms with Gasteiger partial charge in [0, 0.05) is 6.54 Å². The molecule has 0 saturated carbocycles. The molecule has 6 heteroatoms. The van der Waals surface area contributed by atoms with Crippen LogP contribution in [-0.2, 0) is 9.59 Å². The van der Waals surface area contributed by atoms with E-state index in [0.29, 0.717) is 24.9 Å². The maximum Gasteiger partial charge on any atom is 0.329 e. The highest BCUT2D eigenvalue weighted by Crippen LogP contribution is 2.31. The van der Waals surface area contributed by atoms with Gasteiger partial charge in [0.2, 0.25) is 5.91 Å². The van der Waals surface area contributed by atoms with E-state index in [0.717, 1.165) is 0 Å². The predicted octanol–water partition coefficient (Wildman–Crippen LogP) is 1.71. The molecule has 5 nitrogen and oxygen atoms in total. The van der Waals surface area contributed by atoms with Gasteiger partial charge < -0.3 is 15.1 Å². The summed E-state index contributed by atoms with van der Waals surface area (Å²) in [5.74, 6) is -1.97. The van der Waals surface area contributed by atoms with Crippen molar-refractivity contribution in [2.24, 2.45) is 0 Å². The van der Waals surface area contributed by atoms with Crippen LogP contribution in [0.25, 0.3) is 0 Å². The first-order valence-electron chi connectivity index (χ1n) is 6.82. The van der Waals surface area contributed by atoms with E-state index in [1.165, 1.54) is 36.1 Å². The molecule has 2 unspecified atom stereocenters. The lowest BCUT2D eigenvalue weighted by Crippen LogP contribution is -2.51. The van der Waals surface area contributed by atoms with Gasteiger partial charge in [-0.15, -0.1) is 0 Å². The van der Waals surface area contributed by atoms with E-state index in [-0.39, 0.29) is 6.42 Å². The summed E-state index contributed by atoms with van der Waals surface area (Å²) >= 11 is 0. The Kier molecular flexibility index (Phi) is 4.27. The lowest BCUT2D eigenvalue weighted by atomic mass is 9.98. The van der Waals surface area contributed by atoms with Crippen molar-refractivity contribution in [3.8, 4) is 0 Å². The lowest BCUT2D eigenvalue weighted by molar-refractivity contribution is -0.156. The molecule has 1 aromatic carbocycles. The van der Waals surface area contributed by atoms with Crippen LogP contribution in [0.4, 0.5) is 4.39 Å². The summed E-state index contributed by atoms with van der Waals surface area (Å²) in [4.78, 5) is 24.9. The average Bonchev–Trinajstić information content (AvgIpc) is 2.82. The van der Waals surface area contributed by atoms with E-state index in [4.69, 9.17) is 0 Å². The van der Waals surface area contributed by atoms with Crippen LogP contribution in [-0.4, -0.2) is 39.1 Å². The standard InChI is InChI=1S/C15H18FNO4/c1-15(14(20)21)6-3-7-17(15)13(19)9-12(18)10-4-2-5-11(16)8-10/h2,4-5,8,12,18H,3,6-7,9H2,1H3,(H,20,21). The van der Waals surface area contributed by atoms with E-state index >= 15 is 0 Å². The van der Waals surface area contributed by atoms with Gasteiger partial charge in [0.05, 0.1) is 12.5 Å². The van der Waals surface area contributed by atoms with E-state index in [1.807, 2.05) is 0 Å². The Morgan fingerprint density at radius 3 is 2.81 bits per heavy atom. The molecule has 2 atom stereocenters. The molecule has 2 N–H and O–H groups in total. The molecule has 1 aliphatic rings. The van der Waals surface area contributed by atoms with Crippen LogP contribution in [0, 0.1) is 5.82 Å². The number of amides is 1. The second-order valence-corrected chi connectivity index (χ2v) is 5.50. The van der Waals surface area contributed by atoms with Crippen LogP contribution >= 0.6 is 0 Å². The minimum absolute atomic E-state index is 0.258. The number of aliphatic carboxylic acids is 1. The van der Waals surface area contributed by atoms with E-state index < -0.39 is 29.3 Å². The Hall–Kier alpha value is -1.95. The molecule has 1 aliphatic heterocycles. The fraction of sp³-hybridized carbons (Fsp3) is 0.467. The number of aliphatic hydroxyl groups excluding tert-OH is 1. The first-order chi connectivity index (χ1) is 9.84. The second-order valence-electron chi connectivity index (χ2n) is 5.50. The quantitative estimate of drug-likeness (QED) is 0.886.